The molecule has 1 saturated carbocycles. The lowest BCUT2D eigenvalue weighted by molar-refractivity contribution is -0.148. The number of nitrogens with two attached hydrogens (primary N) is 1. The maximum absolute atomic E-state index is 14.8. The normalized spacial score (nSPS) is 18.9. The molecule has 1 amide bonds. The minimum absolute atomic E-state index is 0.0113. The lowest BCUT2D eigenvalue weighted by atomic mass is 9.75. The average Bonchev–Trinajstić information content (AvgIpc) is 3.38. The number of alkyl halides is 2. The highest BCUT2D eigenvalue weighted by atomic mass is 35.5. The third kappa shape index (κ3) is 6.78. The van der Waals surface area contributed by atoms with E-state index in [1.165, 1.54) is 17.3 Å². The van der Waals surface area contributed by atoms with Crippen LogP contribution in [0.15, 0.2) is 72.4 Å². The predicted octanol–water partition coefficient (Wildman–Crippen LogP) is 6.86. The van der Waals surface area contributed by atoms with Crippen LogP contribution in [0.25, 0.3) is 22.4 Å². The number of hydrogen-bond acceptors (Lipinski definition) is 7. The SMILES string of the molecule is CC(C)(C)C[C@]1(c2ccc(-c3cnn(C(F)F)c3)cc2)N=C(N)N([C@H](COC(=O)CC2CC2)c2ccc(Cl)c(-c3cnc[nH]3)c2)C1=O. The summed E-state index contributed by atoms with van der Waals surface area (Å²) in [7, 11) is 0. The Kier molecular flexibility index (Phi) is 8.64. The van der Waals surface area contributed by atoms with E-state index in [-0.39, 0.29) is 29.9 Å². The number of halogens is 3. The fourth-order valence-corrected chi connectivity index (χ4v) is 6.29. The van der Waals surface area contributed by atoms with Gasteiger partial charge in [0.05, 0.1) is 30.5 Å². The van der Waals surface area contributed by atoms with E-state index in [1.807, 2.05) is 26.8 Å². The number of aliphatic imine (C=N–C) groups is 1. The Labute approximate surface area is 276 Å². The fourth-order valence-electron chi connectivity index (χ4n) is 6.07. The standard InChI is InChI=1S/C34H36ClF2N7O3/c1-33(2,3)18-34(24-9-6-21(7-10-24)23-14-41-43(16-23)31(36)37)30(46)44(32(38)42-34)28(17-47-29(45)12-20-4-5-20)22-8-11-26(35)25(13-22)27-15-39-19-40-27/h6-11,13-16,19-20,28,31H,4-5,12,17-18H2,1-3H3,(H2,38,42)(H,39,40)/t28-,34-/m1/s1. The molecule has 2 aromatic heterocycles. The first kappa shape index (κ1) is 32.4. The van der Waals surface area contributed by atoms with Gasteiger partial charge in [-0.1, -0.05) is 62.7 Å². The summed E-state index contributed by atoms with van der Waals surface area (Å²) in [5, 5.41) is 4.20. The van der Waals surface area contributed by atoms with Crippen molar-refractivity contribution in [3.05, 3.63) is 83.5 Å². The average molecular weight is 664 g/mol. The molecule has 246 valence electrons. The maximum Gasteiger partial charge on any atom is 0.333 e. The number of carbonyl (C=O) groups is 2. The van der Waals surface area contributed by atoms with Crippen molar-refractivity contribution in [2.24, 2.45) is 22.1 Å². The number of aromatic amines is 1. The Balaban J connectivity index is 1.38. The summed E-state index contributed by atoms with van der Waals surface area (Å²) in [6.45, 7) is 3.13. The van der Waals surface area contributed by atoms with Crippen molar-refractivity contribution < 1.29 is 23.1 Å². The Morgan fingerprint density at radius 1 is 1.15 bits per heavy atom. The molecule has 0 bridgehead atoms. The van der Waals surface area contributed by atoms with Crippen molar-refractivity contribution in [1.29, 1.82) is 0 Å². The molecule has 1 fully saturated rings. The second kappa shape index (κ2) is 12.6. The van der Waals surface area contributed by atoms with Crippen LogP contribution in [0.1, 0.15) is 70.2 Å². The van der Waals surface area contributed by atoms with Crippen LogP contribution in [0.2, 0.25) is 5.02 Å². The van der Waals surface area contributed by atoms with Gasteiger partial charge in [-0.05, 0) is 59.4 Å². The second-order valence-corrected chi connectivity index (χ2v) is 13.8. The molecule has 0 saturated heterocycles. The molecule has 13 heteroatoms. The van der Waals surface area contributed by atoms with Crippen LogP contribution >= 0.6 is 11.6 Å². The molecule has 3 heterocycles. The van der Waals surface area contributed by atoms with Gasteiger partial charge < -0.3 is 15.5 Å². The lowest BCUT2D eigenvalue weighted by Crippen LogP contribution is -2.47. The smallest absolute Gasteiger partial charge is 0.333 e. The molecule has 3 N–H and O–H groups in total. The topological polar surface area (TPSA) is 131 Å². The lowest BCUT2D eigenvalue weighted by Gasteiger charge is -2.35. The third-order valence-electron chi connectivity index (χ3n) is 8.44. The first-order valence-corrected chi connectivity index (χ1v) is 15.8. The monoisotopic (exact) mass is 663 g/mol. The van der Waals surface area contributed by atoms with Crippen LogP contribution in [0.5, 0.6) is 0 Å². The number of hydrogen-bond donors (Lipinski definition) is 2. The molecule has 2 atom stereocenters. The van der Waals surface area contributed by atoms with E-state index in [1.54, 1.807) is 48.9 Å². The van der Waals surface area contributed by atoms with Crippen LogP contribution in [-0.4, -0.2) is 49.1 Å². The highest BCUT2D eigenvalue weighted by Crippen LogP contribution is 2.45. The van der Waals surface area contributed by atoms with E-state index >= 15 is 0 Å². The number of benzene rings is 2. The van der Waals surface area contributed by atoms with E-state index in [0.717, 1.165) is 12.8 Å². The predicted molar refractivity (Wildman–Crippen MR) is 173 cm³/mol. The molecule has 0 spiro atoms. The zero-order valence-corrected chi connectivity index (χ0v) is 27.0. The molecule has 6 rings (SSSR count). The van der Waals surface area contributed by atoms with E-state index in [0.29, 0.717) is 62.0 Å². The number of imidazole rings is 1. The zero-order chi connectivity index (χ0) is 33.5. The number of carbonyl (C=O) groups excluding carboxylic acids is 2. The summed E-state index contributed by atoms with van der Waals surface area (Å²) in [5.41, 5.74) is 8.60. The first-order chi connectivity index (χ1) is 22.3. The number of ether oxygens (including phenoxy) is 1. The Morgan fingerprint density at radius 2 is 1.89 bits per heavy atom. The van der Waals surface area contributed by atoms with Crippen molar-refractivity contribution in [2.45, 2.75) is 64.6 Å². The van der Waals surface area contributed by atoms with Gasteiger partial charge in [0.2, 0.25) is 0 Å². The summed E-state index contributed by atoms with van der Waals surface area (Å²) >= 11 is 6.57. The number of H-pyrrole nitrogens is 1. The third-order valence-corrected chi connectivity index (χ3v) is 8.77. The zero-order valence-electron chi connectivity index (χ0n) is 26.3. The van der Waals surface area contributed by atoms with E-state index in [9.17, 15) is 18.4 Å². The quantitative estimate of drug-likeness (QED) is 0.169. The van der Waals surface area contributed by atoms with E-state index < -0.39 is 18.1 Å². The maximum atomic E-state index is 14.8. The van der Waals surface area contributed by atoms with Crippen LogP contribution < -0.4 is 5.73 Å². The fraction of sp³-hybridized carbons (Fsp3) is 0.382. The van der Waals surface area contributed by atoms with Crippen molar-refractivity contribution >= 4 is 29.4 Å². The van der Waals surface area contributed by atoms with Gasteiger partial charge in [-0.3, -0.25) is 14.5 Å². The molecule has 47 heavy (non-hydrogen) atoms. The Morgan fingerprint density at radius 3 is 2.51 bits per heavy atom. The van der Waals surface area contributed by atoms with Gasteiger partial charge in [-0.25, -0.2) is 14.7 Å². The Bertz CT molecular complexity index is 1800. The minimum Gasteiger partial charge on any atom is -0.463 e. The number of rotatable bonds is 11. The molecule has 1 aliphatic heterocycles. The first-order valence-electron chi connectivity index (χ1n) is 15.4. The molecule has 2 aliphatic rings. The van der Waals surface area contributed by atoms with Gasteiger partial charge in [0, 0.05) is 28.8 Å². The molecule has 0 radical (unpaired) electrons. The molecule has 1 aliphatic carbocycles. The van der Waals surface area contributed by atoms with Gasteiger partial charge in [0.15, 0.2) is 11.5 Å². The van der Waals surface area contributed by atoms with E-state index in [4.69, 9.17) is 27.1 Å². The molecule has 0 unspecified atom stereocenters. The second-order valence-electron chi connectivity index (χ2n) is 13.4. The van der Waals surface area contributed by atoms with Crippen molar-refractivity contribution in [1.82, 2.24) is 24.6 Å². The van der Waals surface area contributed by atoms with Crippen LogP contribution in [-0.2, 0) is 19.9 Å². The molecule has 4 aromatic rings. The largest absolute Gasteiger partial charge is 0.463 e. The number of amides is 1. The highest BCUT2D eigenvalue weighted by molar-refractivity contribution is 6.33. The number of nitrogens with zero attached hydrogens (tertiary/aromatic N) is 5. The van der Waals surface area contributed by atoms with Gasteiger partial charge in [0.25, 0.3) is 5.91 Å². The van der Waals surface area contributed by atoms with Crippen LogP contribution in [0.3, 0.4) is 0 Å². The minimum atomic E-state index is -2.75. The van der Waals surface area contributed by atoms with Gasteiger partial charge in [0.1, 0.15) is 6.61 Å². The summed E-state index contributed by atoms with van der Waals surface area (Å²) in [4.78, 5) is 41.0. The van der Waals surface area contributed by atoms with Gasteiger partial charge in [-0.2, -0.15) is 13.9 Å². The molecular weight excluding hydrogens is 628 g/mol. The number of nitrogens with one attached hydrogen (secondary N) is 1. The molecule has 10 nitrogen and oxygen atoms in total. The number of aromatic nitrogens is 4. The van der Waals surface area contributed by atoms with Gasteiger partial charge in [-0.15, -0.1) is 0 Å². The van der Waals surface area contributed by atoms with E-state index in [2.05, 4.69) is 15.1 Å². The van der Waals surface area contributed by atoms with Crippen molar-refractivity contribution in [3.63, 3.8) is 0 Å². The molecular formula is C34H36ClF2N7O3. The molecule has 2 aromatic carbocycles. The Hall–Kier alpha value is -4.58. The highest BCUT2D eigenvalue weighted by Gasteiger charge is 2.53. The summed E-state index contributed by atoms with van der Waals surface area (Å²) in [5.74, 6) is -0.392. The van der Waals surface area contributed by atoms with Crippen LogP contribution in [0, 0.1) is 11.3 Å². The summed E-state index contributed by atoms with van der Waals surface area (Å²) < 4.78 is 32.6. The summed E-state index contributed by atoms with van der Waals surface area (Å²) in [6.07, 6.45) is 8.44. The number of guanidine groups is 1. The summed E-state index contributed by atoms with van der Waals surface area (Å²) in [6, 6.07) is 11.5. The number of esters is 1. The van der Waals surface area contributed by atoms with Crippen molar-refractivity contribution in [3.8, 4) is 22.4 Å². The van der Waals surface area contributed by atoms with Crippen LogP contribution in [0.4, 0.5) is 8.78 Å². The van der Waals surface area contributed by atoms with Crippen molar-refractivity contribution in [2.75, 3.05) is 6.61 Å². The van der Waals surface area contributed by atoms with Gasteiger partial charge >= 0.3 is 12.5 Å².